The zero-order valence-electron chi connectivity index (χ0n) is 19.1. The van der Waals surface area contributed by atoms with E-state index >= 15 is 0 Å². The molecule has 1 aliphatic heterocycles. The number of nitrogens with zero attached hydrogens (tertiary/aromatic N) is 1. The first-order valence-corrected chi connectivity index (χ1v) is 12.4. The summed E-state index contributed by atoms with van der Waals surface area (Å²) in [5.41, 5.74) is 4.40. The minimum Gasteiger partial charge on any atom is -0.497 e. The van der Waals surface area contributed by atoms with Crippen molar-refractivity contribution in [2.45, 2.75) is 36.9 Å². The fraction of sp³-hybridized carbons (Fsp3) is 0.370. The van der Waals surface area contributed by atoms with Crippen molar-refractivity contribution in [1.29, 1.82) is 0 Å². The van der Waals surface area contributed by atoms with Crippen LogP contribution in [0.2, 0.25) is 0 Å². The molecule has 1 aromatic heterocycles. The highest BCUT2D eigenvalue weighted by atomic mass is 32.1. The average molecular weight is 463 g/mol. The number of piperidine rings is 1. The van der Waals surface area contributed by atoms with Gasteiger partial charge in [0.2, 0.25) is 0 Å². The molecule has 0 radical (unpaired) electrons. The topological polar surface area (TPSA) is 50.8 Å². The Labute approximate surface area is 199 Å². The normalized spacial score (nSPS) is 21.6. The molecular formula is C27H30N2O3S. The van der Waals surface area contributed by atoms with Crippen LogP contribution >= 0.6 is 11.3 Å². The Morgan fingerprint density at radius 1 is 1.12 bits per heavy atom. The summed E-state index contributed by atoms with van der Waals surface area (Å²) in [6, 6.07) is 18.6. The molecule has 172 valence electrons. The highest BCUT2D eigenvalue weighted by molar-refractivity contribution is 7.08. The summed E-state index contributed by atoms with van der Waals surface area (Å²) in [7, 11) is 3.49. The lowest BCUT2D eigenvalue weighted by Gasteiger charge is -2.44. The van der Waals surface area contributed by atoms with Crippen molar-refractivity contribution >= 4 is 17.2 Å². The molecular weight excluding hydrogens is 432 g/mol. The minimum absolute atomic E-state index is 0.0365. The monoisotopic (exact) mass is 462 g/mol. The van der Waals surface area contributed by atoms with Crippen molar-refractivity contribution in [3.05, 3.63) is 87.6 Å². The minimum atomic E-state index is -0.150. The zero-order chi connectivity index (χ0) is 22.8. The summed E-state index contributed by atoms with van der Waals surface area (Å²) in [6.07, 6.45) is 1.91. The fourth-order valence-corrected chi connectivity index (χ4v) is 6.32. The van der Waals surface area contributed by atoms with Crippen molar-refractivity contribution in [1.82, 2.24) is 10.2 Å². The molecule has 33 heavy (non-hydrogen) atoms. The molecule has 2 aliphatic rings. The summed E-state index contributed by atoms with van der Waals surface area (Å²) in [6.45, 7) is 2.87. The second-order valence-electron chi connectivity index (χ2n) is 8.99. The fourth-order valence-electron chi connectivity index (χ4n) is 5.68. The third-order valence-electron chi connectivity index (χ3n) is 7.29. The molecule has 2 aromatic carbocycles. The first kappa shape index (κ1) is 22.1. The number of hydrogen-bond donors (Lipinski definition) is 1. The van der Waals surface area contributed by atoms with E-state index in [1.54, 1.807) is 14.2 Å². The van der Waals surface area contributed by atoms with E-state index in [1.807, 2.05) is 22.9 Å². The predicted octanol–water partition coefficient (Wildman–Crippen LogP) is 4.79. The molecule has 2 atom stereocenters. The molecule has 5 nitrogen and oxygen atoms in total. The number of likely N-dealkylation sites (tertiary alicyclic amines) is 1. The number of ether oxygens (including phenoxy) is 2. The molecule has 0 bridgehead atoms. The van der Waals surface area contributed by atoms with E-state index in [4.69, 9.17) is 9.47 Å². The molecule has 0 saturated carbocycles. The van der Waals surface area contributed by atoms with Crippen LogP contribution in [0.15, 0.2) is 65.4 Å². The van der Waals surface area contributed by atoms with Gasteiger partial charge in [-0.15, -0.1) is 0 Å². The van der Waals surface area contributed by atoms with Crippen molar-refractivity contribution < 1.29 is 14.3 Å². The molecule has 1 fully saturated rings. The van der Waals surface area contributed by atoms with Gasteiger partial charge in [0.15, 0.2) is 0 Å². The SMILES string of the molecule is COc1cccc(CN2CCC3(CC2)c2ccccc2[C@H](NC(=O)c2ccsc2)[C@H]3OC)c1. The number of benzene rings is 2. The van der Waals surface area contributed by atoms with Crippen molar-refractivity contribution in [2.24, 2.45) is 0 Å². The molecule has 1 aliphatic carbocycles. The number of fused-ring (bicyclic) bond motifs is 2. The summed E-state index contributed by atoms with van der Waals surface area (Å²) >= 11 is 1.54. The van der Waals surface area contributed by atoms with E-state index in [0.717, 1.165) is 38.2 Å². The van der Waals surface area contributed by atoms with Crippen LogP contribution in [0, 0.1) is 0 Å². The third kappa shape index (κ3) is 4.07. The van der Waals surface area contributed by atoms with Gasteiger partial charge in [-0.25, -0.2) is 0 Å². The largest absolute Gasteiger partial charge is 0.497 e. The van der Waals surface area contributed by atoms with Gasteiger partial charge in [-0.05, 0) is 66.2 Å². The molecule has 5 rings (SSSR count). The van der Waals surface area contributed by atoms with Crippen LogP contribution in [0.4, 0.5) is 0 Å². The van der Waals surface area contributed by atoms with E-state index in [-0.39, 0.29) is 23.5 Å². The molecule has 1 saturated heterocycles. The maximum Gasteiger partial charge on any atom is 0.252 e. The molecule has 1 spiro atoms. The van der Waals surface area contributed by atoms with Gasteiger partial charge in [-0.3, -0.25) is 9.69 Å². The lowest BCUT2D eigenvalue weighted by molar-refractivity contribution is -0.0122. The van der Waals surface area contributed by atoms with Gasteiger partial charge in [-0.2, -0.15) is 11.3 Å². The number of methoxy groups -OCH3 is 2. The molecule has 0 unspecified atom stereocenters. The van der Waals surface area contributed by atoms with Crippen LogP contribution in [-0.4, -0.2) is 44.2 Å². The first-order valence-electron chi connectivity index (χ1n) is 11.4. The first-order chi connectivity index (χ1) is 16.1. The van der Waals surface area contributed by atoms with Gasteiger partial charge in [0.1, 0.15) is 5.75 Å². The number of rotatable bonds is 6. The second-order valence-corrected chi connectivity index (χ2v) is 9.77. The molecule has 2 heterocycles. The van der Waals surface area contributed by atoms with E-state index in [1.165, 1.54) is 28.0 Å². The van der Waals surface area contributed by atoms with Gasteiger partial charge < -0.3 is 14.8 Å². The Bertz CT molecular complexity index is 1110. The molecule has 6 heteroatoms. The van der Waals surface area contributed by atoms with Crippen LogP contribution in [-0.2, 0) is 16.7 Å². The van der Waals surface area contributed by atoms with E-state index in [2.05, 4.69) is 52.7 Å². The number of amides is 1. The van der Waals surface area contributed by atoms with Crippen LogP contribution in [0.1, 0.15) is 45.9 Å². The number of carbonyl (C=O) groups is 1. The second kappa shape index (κ2) is 9.29. The quantitative estimate of drug-likeness (QED) is 0.572. The predicted molar refractivity (Wildman–Crippen MR) is 131 cm³/mol. The Morgan fingerprint density at radius 3 is 2.67 bits per heavy atom. The highest BCUT2D eigenvalue weighted by Gasteiger charge is 2.53. The number of nitrogens with one attached hydrogen (secondary N) is 1. The van der Waals surface area contributed by atoms with Crippen molar-refractivity contribution in [2.75, 3.05) is 27.3 Å². The highest BCUT2D eigenvalue weighted by Crippen LogP contribution is 2.52. The van der Waals surface area contributed by atoms with Crippen molar-refractivity contribution in [3.8, 4) is 5.75 Å². The Hall–Kier alpha value is -2.67. The molecule has 1 N–H and O–H groups in total. The Balaban J connectivity index is 1.37. The zero-order valence-corrected chi connectivity index (χ0v) is 19.9. The van der Waals surface area contributed by atoms with Gasteiger partial charge in [0.25, 0.3) is 5.91 Å². The van der Waals surface area contributed by atoms with Crippen LogP contribution in [0.5, 0.6) is 5.75 Å². The number of hydrogen-bond acceptors (Lipinski definition) is 5. The lowest BCUT2D eigenvalue weighted by Crippen LogP contribution is -2.50. The van der Waals surface area contributed by atoms with Gasteiger partial charge in [0.05, 0.1) is 24.8 Å². The van der Waals surface area contributed by atoms with Gasteiger partial charge in [0, 0.05) is 24.4 Å². The Morgan fingerprint density at radius 2 is 1.94 bits per heavy atom. The maximum absolute atomic E-state index is 12.9. The standard InChI is InChI=1S/C27H30N2O3S/c1-31-21-7-5-6-19(16-21)17-29-13-11-27(12-14-29)23-9-4-3-8-22(23)24(25(27)32-2)28-26(30)20-10-15-33-18-20/h3-10,15-16,18,24-25H,11-14,17H2,1-2H3,(H,28,30)/t24-,25+/m0/s1. The van der Waals surface area contributed by atoms with E-state index in [0.29, 0.717) is 5.56 Å². The lowest BCUT2D eigenvalue weighted by atomic mass is 9.72. The Kier molecular flexibility index (Phi) is 6.23. The van der Waals surface area contributed by atoms with Gasteiger partial charge in [-0.1, -0.05) is 36.4 Å². The maximum atomic E-state index is 12.9. The smallest absolute Gasteiger partial charge is 0.252 e. The molecule has 1 amide bonds. The summed E-state index contributed by atoms with van der Waals surface area (Å²) < 4.78 is 11.5. The summed E-state index contributed by atoms with van der Waals surface area (Å²) in [5.74, 6) is 0.861. The van der Waals surface area contributed by atoms with E-state index < -0.39 is 0 Å². The number of carbonyl (C=O) groups excluding carboxylic acids is 1. The molecule has 3 aromatic rings. The van der Waals surface area contributed by atoms with Crippen LogP contribution in [0.25, 0.3) is 0 Å². The summed E-state index contributed by atoms with van der Waals surface area (Å²) in [5, 5.41) is 7.12. The number of thiophene rings is 1. The van der Waals surface area contributed by atoms with Crippen LogP contribution < -0.4 is 10.1 Å². The van der Waals surface area contributed by atoms with Crippen molar-refractivity contribution in [3.63, 3.8) is 0 Å². The van der Waals surface area contributed by atoms with Gasteiger partial charge >= 0.3 is 0 Å². The average Bonchev–Trinajstić information content (AvgIpc) is 3.47. The van der Waals surface area contributed by atoms with Crippen LogP contribution in [0.3, 0.4) is 0 Å². The third-order valence-corrected chi connectivity index (χ3v) is 7.98. The van der Waals surface area contributed by atoms with E-state index in [9.17, 15) is 4.79 Å². The summed E-state index contributed by atoms with van der Waals surface area (Å²) in [4.78, 5) is 15.4.